The normalized spacial score (nSPS) is 14.4. The lowest BCUT2D eigenvalue weighted by Crippen LogP contribution is -2.37. The first kappa shape index (κ1) is 20.9. The molecule has 0 radical (unpaired) electrons. The zero-order valence-electron chi connectivity index (χ0n) is 17.2. The summed E-state index contributed by atoms with van der Waals surface area (Å²) in [6, 6.07) is 13.6. The molecule has 1 fully saturated rings. The van der Waals surface area contributed by atoms with Gasteiger partial charge >= 0.3 is 0 Å². The highest BCUT2D eigenvalue weighted by Gasteiger charge is 2.18. The second-order valence-electron chi connectivity index (χ2n) is 7.60. The molecule has 0 saturated carbocycles. The Kier molecular flexibility index (Phi) is 6.48. The van der Waals surface area contributed by atoms with Gasteiger partial charge in [0.1, 0.15) is 18.2 Å². The lowest BCUT2D eigenvalue weighted by atomic mass is 10.1. The van der Waals surface area contributed by atoms with Crippen molar-refractivity contribution in [2.24, 2.45) is 0 Å². The Balaban J connectivity index is 1.57. The van der Waals surface area contributed by atoms with E-state index in [4.69, 9.17) is 0 Å². The zero-order valence-corrected chi connectivity index (χ0v) is 18.0. The van der Waals surface area contributed by atoms with Crippen LogP contribution in [0.3, 0.4) is 0 Å². The van der Waals surface area contributed by atoms with Gasteiger partial charge in [0.05, 0.1) is 6.54 Å². The predicted molar refractivity (Wildman–Crippen MR) is 122 cm³/mol. The number of benzene rings is 1. The molecule has 0 aliphatic carbocycles. The summed E-state index contributed by atoms with van der Waals surface area (Å²) < 4.78 is 1.91. The number of nitrogens with zero attached hydrogens (tertiary/aromatic N) is 3. The number of nitrogens with one attached hydrogen (secondary N) is 1. The van der Waals surface area contributed by atoms with Gasteiger partial charge in [-0.3, -0.25) is 9.59 Å². The third-order valence-corrected chi connectivity index (χ3v) is 6.38. The molecule has 0 unspecified atom stereocenters. The van der Waals surface area contributed by atoms with E-state index in [1.165, 1.54) is 6.42 Å². The molecule has 1 aliphatic rings. The number of hydrogen-bond donors (Lipinski definition) is 1. The van der Waals surface area contributed by atoms with Crippen molar-refractivity contribution >= 4 is 40.1 Å². The number of amides is 2. The molecule has 0 bridgehead atoms. The first-order valence-electron chi connectivity index (χ1n) is 10.4. The minimum atomic E-state index is -0.405. The monoisotopic (exact) mass is 432 g/mol. The summed E-state index contributed by atoms with van der Waals surface area (Å²) in [4.78, 5) is 28.3. The molecule has 0 spiro atoms. The van der Waals surface area contributed by atoms with Crippen molar-refractivity contribution in [2.45, 2.75) is 32.4 Å². The van der Waals surface area contributed by atoms with Gasteiger partial charge in [0.25, 0.3) is 5.91 Å². The van der Waals surface area contributed by atoms with Gasteiger partial charge in [0, 0.05) is 40.6 Å². The third-order valence-electron chi connectivity index (χ3n) is 5.50. The van der Waals surface area contributed by atoms with Gasteiger partial charge in [-0.05, 0) is 42.9 Å². The van der Waals surface area contributed by atoms with Crippen molar-refractivity contribution in [1.29, 1.82) is 5.26 Å². The molecule has 4 rings (SSSR count). The maximum atomic E-state index is 12.8. The number of nitriles is 1. The van der Waals surface area contributed by atoms with Crippen LogP contribution in [-0.4, -0.2) is 34.4 Å². The average molecular weight is 433 g/mol. The Hall–Kier alpha value is -3.37. The molecule has 3 aromatic rings. The molecule has 1 aliphatic heterocycles. The topological polar surface area (TPSA) is 78.1 Å². The van der Waals surface area contributed by atoms with Crippen molar-refractivity contribution in [3.8, 4) is 6.07 Å². The molecule has 2 aromatic heterocycles. The molecule has 3 heterocycles. The van der Waals surface area contributed by atoms with E-state index in [9.17, 15) is 14.9 Å². The Labute approximate surface area is 185 Å². The molecule has 2 amide bonds. The number of carbonyl (C=O) groups excluding carboxylic acids is 2. The number of hydrogen-bond acceptors (Lipinski definition) is 4. The number of thiophene rings is 1. The smallest absolute Gasteiger partial charge is 0.262 e. The highest BCUT2D eigenvalue weighted by atomic mass is 32.1. The minimum Gasteiger partial charge on any atom is -0.347 e. The summed E-state index contributed by atoms with van der Waals surface area (Å²) in [6.07, 6.45) is 6.75. The van der Waals surface area contributed by atoms with E-state index in [0.717, 1.165) is 47.3 Å². The quantitative estimate of drug-likeness (QED) is 0.473. The van der Waals surface area contributed by atoms with Crippen LogP contribution in [0.1, 0.15) is 29.7 Å². The average Bonchev–Trinajstić information content (AvgIpc) is 3.45. The Bertz CT molecular complexity index is 1150. The van der Waals surface area contributed by atoms with Crippen LogP contribution in [0.2, 0.25) is 0 Å². The van der Waals surface area contributed by atoms with Crippen LogP contribution in [0.25, 0.3) is 17.0 Å². The zero-order chi connectivity index (χ0) is 21.6. The van der Waals surface area contributed by atoms with Crippen molar-refractivity contribution in [3.05, 3.63) is 64.0 Å². The third kappa shape index (κ3) is 4.86. The van der Waals surface area contributed by atoms with Gasteiger partial charge in [0.15, 0.2) is 0 Å². The van der Waals surface area contributed by atoms with E-state index in [1.54, 1.807) is 17.4 Å². The molecule has 7 heteroatoms. The molecule has 1 N–H and O–H groups in total. The fourth-order valence-corrected chi connectivity index (χ4v) is 4.53. The number of fused-ring (bicyclic) bond motifs is 1. The van der Waals surface area contributed by atoms with Gasteiger partial charge < -0.3 is 14.8 Å². The van der Waals surface area contributed by atoms with E-state index >= 15 is 0 Å². The van der Waals surface area contributed by atoms with Crippen molar-refractivity contribution in [2.75, 3.05) is 13.1 Å². The van der Waals surface area contributed by atoms with E-state index in [-0.39, 0.29) is 18.0 Å². The molecule has 158 valence electrons. The van der Waals surface area contributed by atoms with Crippen LogP contribution in [0, 0.1) is 11.3 Å². The Morgan fingerprint density at radius 3 is 2.68 bits per heavy atom. The summed E-state index contributed by atoms with van der Waals surface area (Å²) in [5.41, 5.74) is 1.71. The summed E-state index contributed by atoms with van der Waals surface area (Å²) >= 11 is 1.55. The number of para-hydroxylation sites is 1. The van der Waals surface area contributed by atoms with E-state index < -0.39 is 5.91 Å². The first-order valence-corrected chi connectivity index (χ1v) is 11.3. The molecule has 6 nitrogen and oxygen atoms in total. The SMILES string of the molecule is N#C/C(=C\c1cn(CC(=O)N2CCCCC2)c2ccccc12)C(=O)NCc1cccs1. The first-order chi connectivity index (χ1) is 15.2. The van der Waals surface area contributed by atoms with Crippen LogP contribution in [-0.2, 0) is 22.7 Å². The van der Waals surface area contributed by atoms with E-state index in [2.05, 4.69) is 5.32 Å². The summed E-state index contributed by atoms with van der Waals surface area (Å²) in [6.45, 7) is 2.27. The maximum absolute atomic E-state index is 12.8. The van der Waals surface area contributed by atoms with Gasteiger partial charge in [-0.15, -0.1) is 11.3 Å². The lowest BCUT2D eigenvalue weighted by molar-refractivity contribution is -0.132. The highest BCUT2D eigenvalue weighted by Crippen LogP contribution is 2.24. The Morgan fingerprint density at radius 2 is 1.94 bits per heavy atom. The van der Waals surface area contributed by atoms with Crippen LogP contribution in [0.4, 0.5) is 0 Å². The molecule has 0 atom stereocenters. The summed E-state index contributed by atoms with van der Waals surface area (Å²) in [5.74, 6) is -0.303. The van der Waals surface area contributed by atoms with Gasteiger partial charge in [-0.1, -0.05) is 24.3 Å². The van der Waals surface area contributed by atoms with Crippen molar-refractivity contribution < 1.29 is 9.59 Å². The summed E-state index contributed by atoms with van der Waals surface area (Å²) in [7, 11) is 0. The maximum Gasteiger partial charge on any atom is 0.262 e. The van der Waals surface area contributed by atoms with Crippen LogP contribution >= 0.6 is 11.3 Å². The standard InChI is InChI=1S/C24H24N4O2S/c25-14-18(24(30)26-15-20-7-6-12-31-20)13-19-16-28(22-9-3-2-8-21(19)22)17-23(29)27-10-4-1-5-11-27/h2-3,6-9,12-13,16H,1,4-5,10-11,15,17H2,(H,26,30)/b18-13+. The highest BCUT2D eigenvalue weighted by molar-refractivity contribution is 7.09. The van der Waals surface area contributed by atoms with E-state index in [1.807, 2.05) is 63.5 Å². The number of carbonyl (C=O) groups is 2. The molecule has 1 aromatic carbocycles. The fraction of sp³-hybridized carbons (Fsp3) is 0.292. The van der Waals surface area contributed by atoms with Crippen molar-refractivity contribution in [1.82, 2.24) is 14.8 Å². The second kappa shape index (κ2) is 9.63. The predicted octanol–water partition coefficient (Wildman–Crippen LogP) is 3.94. The van der Waals surface area contributed by atoms with Crippen LogP contribution < -0.4 is 5.32 Å². The van der Waals surface area contributed by atoms with Crippen LogP contribution in [0.15, 0.2) is 53.5 Å². The summed E-state index contributed by atoms with van der Waals surface area (Å²) in [5, 5.41) is 15.2. The van der Waals surface area contributed by atoms with Gasteiger partial charge in [-0.2, -0.15) is 5.26 Å². The lowest BCUT2D eigenvalue weighted by Gasteiger charge is -2.27. The molecule has 31 heavy (non-hydrogen) atoms. The second-order valence-corrected chi connectivity index (χ2v) is 8.64. The largest absolute Gasteiger partial charge is 0.347 e. The molecular formula is C24H24N4O2S. The number of aromatic nitrogens is 1. The van der Waals surface area contributed by atoms with Gasteiger partial charge in [-0.25, -0.2) is 0 Å². The van der Waals surface area contributed by atoms with Gasteiger partial charge in [0.2, 0.25) is 5.91 Å². The molecule has 1 saturated heterocycles. The minimum absolute atomic E-state index is 0.0433. The fourth-order valence-electron chi connectivity index (χ4n) is 3.89. The number of likely N-dealkylation sites (tertiary alicyclic amines) is 1. The number of piperidine rings is 1. The van der Waals surface area contributed by atoms with E-state index in [0.29, 0.717) is 6.54 Å². The Morgan fingerprint density at radius 1 is 1.13 bits per heavy atom. The van der Waals surface area contributed by atoms with Crippen LogP contribution in [0.5, 0.6) is 0 Å². The number of rotatable bonds is 6. The van der Waals surface area contributed by atoms with Crippen molar-refractivity contribution in [3.63, 3.8) is 0 Å². The molecular weight excluding hydrogens is 408 g/mol.